The highest BCUT2D eigenvalue weighted by Crippen LogP contribution is 2.33. The molecule has 0 aliphatic rings. The fourth-order valence-electron chi connectivity index (χ4n) is 3.10. The van der Waals surface area contributed by atoms with Crippen LogP contribution in [0.25, 0.3) is 16.9 Å². The van der Waals surface area contributed by atoms with Crippen molar-refractivity contribution in [2.45, 2.75) is 27.2 Å². The molecule has 4 nitrogen and oxygen atoms in total. The number of benzene rings is 2. The number of hydrogen-bond acceptors (Lipinski definition) is 3. The van der Waals surface area contributed by atoms with Crippen LogP contribution in [0.15, 0.2) is 77.1 Å². The van der Waals surface area contributed by atoms with Gasteiger partial charge in [-0.3, -0.25) is 4.40 Å². The molecule has 2 aromatic carbocycles. The Morgan fingerprint density at radius 2 is 1.63 bits per heavy atom. The summed E-state index contributed by atoms with van der Waals surface area (Å²) in [6, 6.07) is 20.6. The molecule has 0 atom stereocenters. The summed E-state index contributed by atoms with van der Waals surface area (Å²) in [7, 11) is 0. The van der Waals surface area contributed by atoms with E-state index in [-0.39, 0.29) is 0 Å². The first-order valence-electron chi connectivity index (χ1n) is 9.21. The smallest absolute Gasteiger partial charge is 0.187 e. The summed E-state index contributed by atoms with van der Waals surface area (Å²) in [5, 5.41) is 9.06. The average Bonchev–Trinajstić information content (AvgIpc) is 3.07. The molecule has 0 saturated heterocycles. The van der Waals surface area contributed by atoms with Crippen molar-refractivity contribution in [2.24, 2.45) is 10.2 Å². The Hall–Kier alpha value is -3.27. The van der Waals surface area contributed by atoms with Crippen LogP contribution in [0.1, 0.15) is 23.6 Å². The largest absolute Gasteiger partial charge is 0.282 e. The van der Waals surface area contributed by atoms with Crippen LogP contribution in [0.4, 0.5) is 11.5 Å². The molecule has 0 bridgehead atoms. The molecule has 27 heavy (non-hydrogen) atoms. The van der Waals surface area contributed by atoms with Crippen molar-refractivity contribution in [3.05, 3.63) is 83.6 Å². The number of pyridine rings is 1. The summed E-state index contributed by atoms with van der Waals surface area (Å²) in [4.78, 5) is 4.86. The van der Waals surface area contributed by atoms with Gasteiger partial charge in [-0.2, -0.15) is 0 Å². The molecule has 4 heteroatoms. The number of aromatic nitrogens is 2. The maximum absolute atomic E-state index is 4.86. The number of fused-ring (bicyclic) bond motifs is 1. The molecule has 134 valence electrons. The van der Waals surface area contributed by atoms with Gasteiger partial charge in [0.2, 0.25) is 0 Å². The summed E-state index contributed by atoms with van der Waals surface area (Å²) in [6.45, 7) is 6.29. The lowest BCUT2D eigenvalue weighted by Crippen LogP contribution is -1.85. The van der Waals surface area contributed by atoms with Crippen LogP contribution < -0.4 is 0 Å². The Bertz CT molecular complexity index is 1100. The van der Waals surface area contributed by atoms with Crippen molar-refractivity contribution in [2.75, 3.05) is 0 Å². The van der Waals surface area contributed by atoms with E-state index in [2.05, 4.69) is 73.5 Å². The molecule has 0 N–H and O–H groups in total. The monoisotopic (exact) mass is 354 g/mol. The Balaban J connectivity index is 1.84. The first-order valence-corrected chi connectivity index (χ1v) is 9.21. The van der Waals surface area contributed by atoms with Crippen LogP contribution in [-0.4, -0.2) is 9.38 Å². The van der Waals surface area contributed by atoms with Gasteiger partial charge in [-0.25, -0.2) is 4.98 Å². The molecule has 0 aliphatic heterocycles. The van der Waals surface area contributed by atoms with Crippen molar-refractivity contribution < 1.29 is 0 Å². The van der Waals surface area contributed by atoms with Gasteiger partial charge in [0, 0.05) is 11.8 Å². The lowest BCUT2D eigenvalue weighted by Gasteiger charge is -2.01. The zero-order chi connectivity index (χ0) is 18.8. The number of rotatable bonds is 4. The summed E-state index contributed by atoms with van der Waals surface area (Å²) in [5.41, 5.74) is 7.25. The Kier molecular flexibility index (Phi) is 4.55. The molecular weight excluding hydrogens is 332 g/mol. The Morgan fingerprint density at radius 1 is 0.889 bits per heavy atom. The van der Waals surface area contributed by atoms with Gasteiger partial charge in [0.1, 0.15) is 11.3 Å². The minimum atomic E-state index is 0.747. The quantitative estimate of drug-likeness (QED) is 0.381. The van der Waals surface area contributed by atoms with E-state index >= 15 is 0 Å². The summed E-state index contributed by atoms with van der Waals surface area (Å²) in [5.74, 6) is 0.747. The summed E-state index contributed by atoms with van der Waals surface area (Å²) < 4.78 is 2.01. The highest BCUT2D eigenvalue weighted by Gasteiger charge is 2.15. The molecule has 0 spiro atoms. The van der Waals surface area contributed by atoms with E-state index in [4.69, 9.17) is 4.98 Å². The topological polar surface area (TPSA) is 42.0 Å². The van der Waals surface area contributed by atoms with Gasteiger partial charge in [0.05, 0.1) is 5.69 Å². The van der Waals surface area contributed by atoms with E-state index in [1.54, 1.807) is 0 Å². The van der Waals surface area contributed by atoms with Crippen molar-refractivity contribution in [3.63, 3.8) is 0 Å². The van der Waals surface area contributed by atoms with Crippen molar-refractivity contribution in [1.82, 2.24) is 9.38 Å². The highest BCUT2D eigenvalue weighted by molar-refractivity contribution is 5.75. The minimum absolute atomic E-state index is 0.747. The third-order valence-electron chi connectivity index (χ3n) is 4.75. The molecule has 0 saturated carbocycles. The molecule has 0 unspecified atom stereocenters. The predicted molar refractivity (Wildman–Crippen MR) is 110 cm³/mol. The summed E-state index contributed by atoms with van der Waals surface area (Å²) >= 11 is 0. The van der Waals surface area contributed by atoms with Crippen LogP contribution in [0.3, 0.4) is 0 Å². The second-order valence-electron chi connectivity index (χ2n) is 6.75. The van der Waals surface area contributed by atoms with Crippen molar-refractivity contribution in [3.8, 4) is 11.3 Å². The molecule has 2 heterocycles. The van der Waals surface area contributed by atoms with E-state index in [1.165, 1.54) is 11.1 Å². The zero-order valence-corrected chi connectivity index (χ0v) is 15.8. The Labute approximate surface area is 159 Å². The molecular formula is C23H22N4. The number of nitrogens with zero attached hydrogens (tertiary/aromatic N) is 4. The van der Waals surface area contributed by atoms with Gasteiger partial charge in [0.25, 0.3) is 0 Å². The lowest BCUT2D eigenvalue weighted by molar-refractivity contribution is 1.09. The molecule has 4 rings (SSSR count). The van der Waals surface area contributed by atoms with Gasteiger partial charge >= 0.3 is 0 Å². The summed E-state index contributed by atoms with van der Waals surface area (Å²) in [6.07, 6.45) is 3.00. The number of hydrogen-bond donors (Lipinski definition) is 0. The van der Waals surface area contributed by atoms with Crippen molar-refractivity contribution in [1.29, 1.82) is 0 Å². The molecule has 0 radical (unpaired) electrons. The van der Waals surface area contributed by atoms with Gasteiger partial charge in [-0.15, -0.1) is 10.2 Å². The highest BCUT2D eigenvalue weighted by atomic mass is 15.2. The number of imidazole rings is 1. The molecule has 0 fully saturated rings. The van der Waals surface area contributed by atoms with Crippen LogP contribution in [-0.2, 0) is 6.42 Å². The first kappa shape index (κ1) is 17.2. The van der Waals surface area contributed by atoms with Gasteiger partial charge < -0.3 is 0 Å². The average molecular weight is 354 g/mol. The molecule has 2 aromatic heterocycles. The van der Waals surface area contributed by atoms with E-state index in [0.29, 0.717) is 0 Å². The lowest BCUT2D eigenvalue weighted by atomic mass is 10.1. The van der Waals surface area contributed by atoms with Gasteiger partial charge in [-0.05, 0) is 49.6 Å². The zero-order valence-electron chi connectivity index (χ0n) is 15.8. The van der Waals surface area contributed by atoms with E-state index in [1.807, 2.05) is 28.8 Å². The maximum atomic E-state index is 4.86. The van der Waals surface area contributed by atoms with Crippen LogP contribution in [0.5, 0.6) is 0 Å². The first-order chi connectivity index (χ1) is 13.2. The molecule has 4 aromatic rings. The fraction of sp³-hybridized carbons (Fsp3) is 0.174. The van der Waals surface area contributed by atoms with Crippen LogP contribution in [0.2, 0.25) is 0 Å². The SMILES string of the molecule is CCc1ccc(N=Nc2c(-c3ccc(C)cc3)nc3c(C)cccn23)cc1. The van der Waals surface area contributed by atoms with Crippen LogP contribution in [0, 0.1) is 13.8 Å². The minimum Gasteiger partial charge on any atom is -0.282 e. The standard InChI is InChI=1S/C23H22N4/c1-4-18-9-13-20(14-10-18)25-26-23-21(19-11-7-16(2)8-12-19)24-22-17(3)6-5-15-27(22)23/h5-15H,4H2,1-3H3. The number of aryl methyl sites for hydroxylation is 3. The third kappa shape index (κ3) is 3.38. The number of azo groups is 1. The predicted octanol–water partition coefficient (Wildman–Crippen LogP) is 6.60. The van der Waals surface area contributed by atoms with Gasteiger partial charge in [0.15, 0.2) is 5.82 Å². The van der Waals surface area contributed by atoms with E-state index < -0.39 is 0 Å². The van der Waals surface area contributed by atoms with Crippen molar-refractivity contribution >= 4 is 17.2 Å². The Morgan fingerprint density at radius 3 is 2.33 bits per heavy atom. The van der Waals surface area contributed by atoms with E-state index in [0.717, 1.165) is 40.4 Å². The normalized spacial score (nSPS) is 11.5. The third-order valence-corrected chi connectivity index (χ3v) is 4.75. The second-order valence-corrected chi connectivity index (χ2v) is 6.75. The molecule has 0 amide bonds. The van der Waals surface area contributed by atoms with Gasteiger partial charge in [-0.1, -0.05) is 55.0 Å². The molecule has 0 aliphatic carbocycles. The fourth-order valence-corrected chi connectivity index (χ4v) is 3.10. The maximum Gasteiger partial charge on any atom is 0.187 e. The van der Waals surface area contributed by atoms with Crippen LogP contribution >= 0.6 is 0 Å². The van der Waals surface area contributed by atoms with E-state index in [9.17, 15) is 0 Å². The second kappa shape index (κ2) is 7.16.